The van der Waals surface area contributed by atoms with Crippen LogP contribution in [0.2, 0.25) is 0 Å². The molecule has 6 nitrogen and oxygen atoms in total. The number of rotatable bonds is 7. The van der Waals surface area contributed by atoms with Crippen LogP contribution in [0.3, 0.4) is 0 Å². The number of nitrogens with two attached hydrogens (primary N) is 1. The maximum absolute atomic E-state index is 13.6. The Hall–Kier alpha value is -4.46. The molecular formula is C27H21F2N5O. The van der Waals surface area contributed by atoms with Crippen LogP contribution in [0.1, 0.15) is 24.4 Å². The molecule has 174 valence electrons. The van der Waals surface area contributed by atoms with Gasteiger partial charge in [0.25, 0.3) is 0 Å². The Morgan fingerprint density at radius 2 is 1.46 bits per heavy atom. The highest BCUT2D eigenvalue weighted by Gasteiger charge is 2.18. The van der Waals surface area contributed by atoms with Crippen LogP contribution in [-0.2, 0) is 4.79 Å². The average molecular weight is 469 g/mol. The molecule has 1 atom stereocenters. The van der Waals surface area contributed by atoms with Crippen LogP contribution in [-0.4, -0.2) is 25.4 Å². The second-order valence-electron chi connectivity index (χ2n) is 8.21. The van der Waals surface area contributed by atoms with Gasteiger partial charge in [0.1, 0.15) is 11.6 Å². The summed E-state index contributed by atoms with van der Waals surface area (Å²) in [6.07, 6.45) is 5.94. The lowest BCUT2D eigenvalue weighted by Gasteiger charge is -2.19. The first kappa shape index (κ1) is 22.3. The number of aromatic nitrogens is 4. The normalized spacial score (nSPS) is 12.1. The lowest BCUT2D eigenvalue weighted by Crippen LogP contribution is -2.15. The van der Waals surface area contributed by atoms with Gasteiger partial charge < -0.3 is 10.3 Å². The van der Waals surface area contributed by atoms with Gasteiger partial charge >= 0.3 is 0 Å². The van der Waals surface area contributed by atoms with Gasteiger partial charge in [-0.2, -0.15) is 0 Å². The number of fused-ring (bicyclic) bond motifs is 1. The maximum Gasteiger partial charge on any atom is 0.217 e. The van der Waals surface area contributed by atoms with Crippen molar-refractivity contribution in [3.63, 3.8) is 0 Å². The predicted molar refractivity (Wildman–Crippen MR) is 129 cm³/mol. The minimum atomic E-state index is -0.377. The highest BCUT2D eigenvalue weighted by Crippen LogP contribution is 2.33. The number of halogens is 2. The summed E-state index contributed by atoms with van der Waals surface area (Å²) < 4.78 is 29.1. The van der Waals surface area contributed by atoms with Crippen LogP contribution in [0.5, 0.6) is 0 Å². The third kappa shape index (κ3) is 4.77. The monoisotopic (exact) mass is 469 g/mol. The van der Waals surface area contributed by atoms with Crippen molar-refractivity contribution in [3.8, 4) is 22.5 Å². The fourth-order valence-electron chi connectivity index (χ4n) is 4.12. The Kier molecular flexibility index (Phi) is 6.01. The molecule has 0 radical (unpaired) electrons. The van der Waals surface area contributed by atoms with E-state index in [4.69, 9.17) is 15.7 Å². The van der Waals surface area contributed by atoms with Gasteiger partial charge in [0.15, 0.2) is 0 Å². The summed E-state index contributed by atoms with van der Waals surface area (Å²) in [7, 11) is 0. The second kappa shape index (κ2) is 9.42. The lowest BCUT2D eigenvalue weighted by atomic mass is 9.99. The van der Waals surface area contributed by atoms with Crippen molar-refractivity contribution in [1.29, 1.82) is 0 Å². The molecule has 35 heavy (non-hydrogen) atoms. The zero-order valence-corrected chi connectivity index (χ0v) is 18.6. The van der Waals surface area contributed by atoms with E-state index >= 15 is 0 Å². The molecular weight excluding hydrogens is 448 g/mol. The van der Waals surface area contributed by atoms with Gasteiger partial charge in [-0.05, 0) is 72.6 Å². The Morgan fingerprint density at radius 3 is 2.00 bits per heavy atom. The van der Waals surface area contributed by atoms with Gasteiger partial charge in [-0.25, -0.2) is 23.7 Å². The summed E-state index contributed by atoms with van der Waals surface area (Å²) in [6, 6.07) is 17.6. The van der Waals surface area contributed by atoms with Gasteiger partial charge in [-0.1, -0.05) is 6.07 Å². The van der Waals surface area contributed by atoms with E-state index in [0.29, 0.717) is 40.0 Å². The topological polar surface area (TPSA) is 86.7 Å². The molecule has 2 aromatic heterocycles. The van der Waals surface area contributed by atoms with Crippen molar-refractivity contribution >= 4 is 16.9 Å². The van der Waals surface area contributed by atoms with E-state index in [-0.39, 0.29) is 30.0 Å². The molecule has 2 N–H and O–H groups in total. The molecule has 0 spiro atoms. The van der Waals surface area contributed by atoms with Crippen molar-refractivity contribution in [1.82, 2.24) is 19.5 Å². The van der Waals surface area contributed by atoms with Crippen molar-refractivity contribution in [2.75, 3.05) is 0 Å². The molecule has 0 aliphatic rings. The number of hydrogen-bond acceptors (Lipinski definition) is 4. The van der Waals surface area contributed by atoms with Crippen LogP contribution < -0.4 is 5.73 Å². The number of benzene rings is 3. The molecule has 0 saturated carbocycles. The van der Waals surface area contributed by atoms with E-state index in [0.717, 1.165) is 5.56 Å². The van der Waals surface area contributed by atoms with Crippen LogP contribution in [0.25, 0.3) is 33.5 Å². The third-order valence-corrected chi connectivity index (χ3v) is 5.86. The first-order valence-electron chi connectivity index (χ1n) is 11.1. The Morgan fingerprint density at radius 1 is 0.857 bits per heavy atom. The summed E-state index contributed by atoms with van der Waals surface area (Å²) in [5.74, 6) is -1.08. The summed E-state index contributed by atoms with van der Waals surface area (Å²) in [5, 5.41) is 0. The smallest absolute Gasteiger partial charge is 0.217 e. The highest BCUT2D eigenvalue weighted by atomic mass is 19.1. The molecule has 8 heteroatoms. The van der Waals surface area contributed by atoms with Gasteiger partial charge in [0, 0.05) is 29.9 Å². The first-order chi connectivity index (χ1) is 17.0. The van der Waals surface area contributed by atoms with E-state index in [9.17, 15) is 13.6 Å². The number of primary amides is 1. The van der Waals surface area contributed by atoms with Crippen molar-refractivity contribution in [3.05, 3.63) is 103 Å². The van der Waals surface area contributed by atoms with Gasteiger partial charge in [-0.15, -0.1) is 0 Å². The van der Waals surface area contributed by atoms with Gasteiger partial charge in [-0.3, -0.25) is 4.79 Å². The number of carbonyl (C=O) groups is 1. The zero-order valence-electron chi connectivity index (χ0n) is 18.6. The first-order valence-corrected chi connectivity index (χ1v) is 11.1. The lowest BCUT2D eigenvalue weighted by molar-refractivity contribution is -0.118. The van der Waals surface area contributed by atoms with E-state index in [1.54, 1.807) is 36.8 Å². The van der Waals surface area contributed by atoms with Crippen LogP contribution >= 0.6 is 0 Å². The molecule has 0 aliphatic heterocycles. The third-order valence-electron chi connectivity index (χ3n) is 5.86. The minimum Gasteiger partial charge on any atom is -0.370 e. The number of imidazole rings is 1. The maximum atomic E-state index is 13.6. The van der Waals surface area contributed by atoms with Crippen LogP contribution in [0.15, 0.2) is 85.5 Å². The highest BCUT2D eigenvalue weighted by molar-refractivity contribution is 5.86. The SMILES string of the molecule is NC(=O)CCC(c1ccc2nc(-c3ccc(F)cc3)c(-c3ccc(F)cc3)nc2c1)n1ccnc1. The van der Waals surface area contributed by atoms with Crippen molar-refractivity contribution < 1.29 is 13.6 Å². The number of carbonyl (C=O) groups excluding carboxylic acids is 1. The fourth-order valence-corrected chi connectivity index (χ4v) is 4.12. The van der Waals surface area contributed by atoms with E-state index in [1.165, 1.54) is 24.3 Å². The summed E-state index contributed by atoms with van der Waals surface area (Å²) in [4.78, 5) is 25.3. The molecule has 1 amide bonds. The molecule has 5 rings (SSSR count). The quantitative estimate of drug-likeness (QED) is 0.351. The minimum absolute atomic E-state index is 0.165. The Labute approximate surface area is 200 Å². The van der Waals surface area contributed by atoms with Gasteiger partial charge in [0.05, 0.1) is 34.8 Å². The molecule has 0 bridgehead atoms. The summed E-state index contributed by atoms with van der Waals surface area (Å²) in [6.45, 7) is 0. The molecule has 5 aromatic rings. The Balaban J connectivity index is 1.66. The average Bonchev–Trinajstić information content (AvgIpc) is 3.39. The fraction of sp³-hybridized carbons (Fsp3) is 0.111. The van der Waals surface area contributed by atoms with Crippen molar-refractivity contribution in [2.24, 2.45) is 5.73 Å². The number of nitrogens with zero attached hydrogens (tertiary/aromatic N) is 4. The predicted octanol–water partition coefficient (Wildman–Crippen LogP) is 5.29. The molecule has 2 heterocycles. The standard InChI is InChI=1S/C27H21F2N5O/c28-20-6-1-17(2-7-20)26-27(18-3-8-21(29)9-4-18)33-23-15-19(5-10-22(23)32-26)24(11-12-25(30)35)34-14-13-31-16-34/h1-10,13-16,24H,11-12H2,(H2,30,35). The van der Waals surface area contributed by atoms with Crippen molar-refractivity contribution in [2.45, 2.75) is 18.9 Å². The molecule has 1 unspecified atom stereocenters. The Bertz CT molecular complexity index is 1480. The summed E-state index contributed by atoms with van der Waals surface area (Å²) >= 11 is 0. The zero-order chi connectivity index (χ0) is 24.4. The summed E-state index contributed by atoms with van der Waals surface area (Å²) in [5.41, 5.74) is 10.1. The molecule has 0 aliphatic carbocycles. The van der Waals surface area contributed by atoms with Crippen LogP contribution in [0.4, 0.5) is 8.78 Å². The molecule has 0 fully saturated rings. The number of hydrogen-bond donors (Lipinski definition) is 1. The largest absolute Gasteiger partial charge is 0.370 e. The van der Waals surface area contributed by atoms with E-state index in [1.807, 2.05) is 29.0 Å². The van der Waals surface area contributed by atoms with E-state index in [2.05, 4.69) is 4.98 Å². The second-order valence-corrected chi connectivity index (χ2v) is 8.21. The number of amides is 1. The van der Waals surface area contributed by atoms with Gasteiger partial charge in [0.2, 0.25) is 5.91 Å². The van der Waals surface area contributed by atoms with E-state index < -0.39 is 0 Å². The van der Waals surface area contributed by atoms with Crippen LogP contribution in [0, 0.1) is 11.6 Å². The molecule has 0 saturated heterocycles. The molecule has 3 aromatic carbocycles.